The Balaban J connectivity index is 0.000000181. The zero-order valence-corrected chi connectivity index (χ0v) is 50.7. The van der Waals surface area contributed by atoms with E-state index in [4.69, 9.17) is 20.9 Å². The van der Waals surface area contributed by atoms with Crippen LogP contribution in [0.25, 0.3) is 33.1 Å². The molecule has 4 aromatic carbocycles. The van der Waals surface area contributed by atoms with Crippen LogP contribution >= 0.6 is 11.6 Å². The molecule has 2 atom stereocenters. The lowest BCUT2D eigenvalue weighted by Crippen LogP contribution is -2.41. The van der Waals surface area contributed by atoms with Crippen molar-refractivity contribution in [3.63, 3.8) is 0 Å². The van der Waals surface area contributed by atoms with E-state index in [1.54, 1.807) is 24.8 Å². The molecule has 0 bridgehead atoms. The minimum Gasteiger partial charge on any atom is -0.399 e. The van der Waals surface area contributed by atoms with E-state index in [2.05, 4.69) is 117 Å². The van der Waals surface area contributed by atoms with E-state index in [0.717, 1.165) is 94.7 Å². The molecule has 7 heterocycles. The number of aromatic nitrogens is 8. The number of rotatable bonds is 14. The van der Waals surface area contributed by atoms with Gasteiger partial charge in [-0.25, -0.2) is 19.9 Å². The molecule has 2 N–H and O–H groups in total. The molecule has 0 aliphatic carbocycles. The Bertz CT molecular complexity index is 4150. The zero-order valence-electron chi connectivity index (χ0n) is 49.9. The summed E-state index contributed by atoms with van der Waals surface area (Å²) in [4.78, 5) is 73.8. The Morgan fingerprint density at radius 2 is 1.05 bits per heavy atom. The standard InChI is InChI=1S/C33H39BN2O4.C31H30N4O2.C4H3ClN2/c1-20-18-21(2)35-31(38)26(20)16-17-29(37)30-23(4)36(28-15-10-9-14-27(28)30)22(3)24-12-11-13-25(19-24)34-39-32(5,6)33(7,8)40-34;1-19-16-20(2)34-31(37)25(19)12-13-29(36)30-22(4)35(28-11-6-5-10-26(28)30)21(3)23-8-7-9-24(17-23)27-14-15-32-18-33-27;5-4-1-2-6-3-7-4/h9-15,18-19,22H,16-17H2,1-8H3,(H,35,38);5-11,14-18,21H,12-13H2,1-4H3,(H,34,37);1-3H. The Morgan fingerprint density at radius 1 is 0.583 bits per heavy atom. The number of carbonyl (C=O) groups excluding carboxylic acids is 2. The van der Waals surface area contributed by atoms with Gasteiger partial charge in [-0.1, -0.05) is 90.5 Å². The highest BCUT2D eigenvalue weighted by molar-refractivity contribution is 6.62. The largest absolute Gasteiger partial charge is 0.494 e. The van der Waals surface area contributed by atoms with E-state index in [-0.39, 0.29) is 47.6 Å². The zero-order chi connectivity index (χ0) is 60.2. The van der Waals surface area contributed by atoms with Crippen molar-refractivity contribution in [3.05, 3.63) is 240 Å². The number of halogens is 1. The summed E-state index contributed by atoms with van der Waals surface area (Å²) in [7, 11) is -0.440. The molecular weight excluding hydrogens is 1070 g/mol. The van der Waals surface area contributed by atoms with Crippen LogP contribution in [0.15, 0.2) is 156 Å². The number of H-pyrrole nitrogens is 2. The first-order valence-electron chi connectivity index (χ1n) is 28.4. The molecule has 1 fully saturated rings. The summed E-state index contributed by atoms with van der Waals surface area (Å²) in [5, 5.41) is 2.36. The highest BCUT2D eigenvalue weighted by Crippen LogP contribution is 2.38. The van der Waals surface area contributed by atoms with Crippen molar-refractivity contribution >= 4 is 57.6 Å². The number of fused-ring (bicyclic) bond motifs is 2. The number of benzene rings is 4. The number of aryl methyl sites for hydroxylation is 4. The summed E-state index contributed by atoms with van der Waals surface area (Å²) >= 11 is 5.39. The van der Waals surface area contributed by atoms with Gasteiger partial charge in [0.2, 0.25) is 0 Å². The average Bonchev–Trinajstić information content (AvgIpc) is 3.76. The summed E-state index contributed by atoms with van der Waals surface area (Å²) in [6.07, 6.45) is 7.66. The maximum Gasteiger partial charge on any atom is 0.494 e. The van der Waals surface area contributed by atoms with E-state index in [0.29, 0.717) is 29.1 Å². The second-order valence-corrected chi connectivity index (χ2v) is 23.2. The highest BCUT2D eigenvalue weighted by Gasteiger charge is 2.51. The van der Waals surface area contributed by atoms with Gasteiger partial charge in [-0.15, -0.1) is 0 Å². The Labute approximate surface area is 495 Å². The van der Waals surface area contributed by atoms with Crippen LogP contribution in [0.3, 0.4) is 0 Å². The van der Waals surface area contributed by atoms with Crippen molar-refractivity contribution in [2.24, 2.45) is 0 Å². The predicted octanol–water partition coefficient (Wildman–Crippen LogP) is 13.2. The van der Waals surface area contributed by atoms with Gasteiger partial charge in [0.1, 0.15) is 17.8 Å². The third-order valence-corrected chi connectivity index (χ3v) is 16.8. The Kier molecular flexibility index (Phi) is 18.1. The number of carbonyl (C=O) groups is 2. The fraction of sp³-hybridized carbons (Fsp3) is 0.294. The molecule has 84 heavy (non-hydrogen) atoms. The second kappa shape index (κ2) is 25.2. The molecule has 10 aromatic rings. The second-order valence-electron chi connectivity index (χ2n) is 22.8. The van der Waals surface area contributed by atoms with Crippen molar-refractivity contribution in [2.45, 2.75) is 132 Å². The first kappa shape index (κ1) is 60.2. The fourth-order valence-electron chi connectivity index (χ4n) is 11.5. The van der Waals surface area contributed by atoms with Crippen LogP contribution in [0, 0.1) is 41.5 Å². The van der Waals surface area contributed by atoms with Crippen LogP contribution in [0.4, 0.5) is 0 Å². The van der Waals surface area contributed by atoms with Gasteiger partial charge in [0.15, 0.2) is 11.6 Å². The van der Waals surface area contributed by atoms with Crippen molar-refractivity contribution in [1.82, 2.24) is 39.0 Å². The number of pyridine rings is 2. The maximum absolute atomic E-state index is 13.7. The number of para-hydroxylation sites is 2. The molecular formula is C68H72BClN8O6. The molecule has 0 saturated carbocycles. The molecule has 16 heteroatoms. The average molecular weight is 1140 g/mol. The van der Waals surface area contributed by atoms with E-state index in [1.165, 1.54) is 6.33 Å². The summed E-state index contributed by atoms with van der Waals surface area (Å²) < 4.78 is 17.1. The van der Waals surface area contributed by atoms with Gasteiger partial charge in [-0.05, 0) is 166 Å². The van der Waals surface area contributed by atoms with Gasteiger partial charge in [0, 0.05) is 97.6 Å². The third kappa shape index (κ3) is 12.7. The first-order valence-corrected chi connectivity index (χ1v) is 28.8. The normalized spacial score (nSPS) is 14.1. The summed E-state index contributed by atoms with van der Waals surface area (Å²) in [6, 6.07) is 40.2. The first-order chi connectivity index (χ1) is 40.0. The van der Waals surface area contributed by atoms with Crippen molar-refractivity contribution in [3.8, 4) is 11.3 Å². The number of nitrogens with zero attached hydrogens (tertiary/aromatic N) is 6. The summed E-state index contributed by atoms with van der Waals surface area (Å²) in [6.45, 7) is 24.2. The Morgan fingerprint density at radius 3 is 1.49 bits per heavy atom. The van der Waals surface area contributed by atoms with E-state index < -0.39 is 18.3 Å². The lowest BCUT2D eigenvalue weighted by atomic mass is 9.78. The van der Waals surface area contributed by atoms with Crippen LogP contribution < -0.4 is 16.6 Å². The van der Waals surface area contributed by atoms with Gasteiger partial charge in [0.05, 0.1) is 29.0 Å². The Hall–Kier alpha value is -8.37. The number of aromatic amines is 2. The van der Waals surface area contributed by atoms with Gasteiger partial charge in [-0.2, -0.15) is 0 Å². The predicted molar refractivity (Wildman–Crippen MR) is 336 cm³/mol. The molecule has 430 valence electrons. The number of Topliss-reactive ketones (excluding diaryl/α,β-unsaturated/α-hetero) is 2. The smallest absolute Gasteiger partial charge is 0.399 e. The molecule has 6 aromatic heterocycles. The number of nitrogens with one attached hydrogen (secondary N) is 2. The molecule has 14 nitrogen and oxygen atoms in total. The number of ketones is 2. The van der Waals surface area contributed by atoms with E-state index >= 15 is 0 Å². The molecule has 1 saturated heterocycles. The van der Waals surface area contributed by atoms with Crippen LogP contribution in [0.2, 0.25) is 5.15 Å². The fourth-order valence-corrected chi connectivity index (χ4v) is 11.6. The van der Waals surface area contributed by atoms with Crippen molar-refractivity contribution in [1.29, 1.82) is 0 Å². The third-order valence-electron chi connectivity index (χ3n) is 16.5. The number of hydrogen-bond donors (Lipinski definition) is 2. The minimum atomic E-state index is -0.440. The lowest BCUT2D eigenvalue weighted by molar-refractivity contribution is 0.00578. The van der Waals surface area contributed by atoms with Crippen LogP contribution in [-0.4, -0.2) is 68.9 Å². The van der Waals surface area contributed by atoms with Gasteiger partial charge in [-0.3, -0.25) is 19.2 Å². The lowest BCUT2D eigenvalue weighted by Gasteiger charge is -2.32. The van der Waals surface area contributed by atoms with Crippen molar-refractivity contribution < 1.29 is 18.9 Å². The molecule has 0 amide bonds. The molecule has 0 radical (unpaired) electrons. The summed E-state index contributed by atoms with van der Waals surface area (Å²) in [5.41, 5.74) is 14.3. The molecule has 1 aliphatic heterocycles. The van der Waals surface area contributed by atoms with Crippen LogP contribution in [-0.2, 0) is 22.2 Å². The topological polar surface area (TPSA) is 180 Å². The van der Waals surface area contributed by atoms with Gasteiger partial charge < -0.3 is 28.4 Å². The van der Waals surface area contributed by atoms with Gasteiger partial charge >= 0.3 is 7.12 Å². The van der Waals surface area contributed by atoms with Crippen LogP contribution in [0.5, 0.6) is 0 Å². The van der Waals surface area contributed by atoms with Gasteiger partial charge in [0.25, 0.3) is 11.1 Å². The number of hydrogen-bond acceptors (Lipinski definition) is 10. The van der Waals surface area contributed by atoms with Crippen molar-refractivity contribution in [2.75, 3.05) is 0 Å². The molecule has 0 spiro atoms. The highest BCUT2D eigenvalue weighted by atomic mass is 35.5. The monoisotopic (exact) mass is 1140 g/mol. The molecule has 2 unspecified atom stereocenters. The maximum atomic E-state index is 13.7. The molecule has 1 aliphatic rings. The summed E-state index contributed by atoms with van der Waals surface area (Å²) in [5.74, 6) is 0.0961. The van der Waals surface area contributed by atoms with E-state index in [9.17, 15) is 19.2 Å². The SMILES string of the molecule is Cc1cc(C)c(CCC(=O)c2c(C)n(C(C)c3cccc(-c4ccncn4)c3)c3ccccc23)c(=O)[nH]1.Cc1cc(C)c(CCC(=O)c2c(C)n(C(C)c3cccc(B4OC(C)(C)C(C)(C)O4)c3)c3ccccc23)c(=O)[nH]1.Clc1ccncn1. The quantitative estimate of drug-likeness (QED) is 0.0604. The van der Waals surface area contributed by atoms with Crippen LogP contribution in [0.1, 0.15) is 143 Å². The minimum absolute atomic E-state index is 0.00424. The van der Waals surface area contributed by atoms with E-state index in [1.807, 2.05) is 120 Å². The molecule has 11 rings (SSSR count).